The van der Waals surface area contributed by atoms with Gasteiger partial charge >= 0.3 is 6.18 Å². The van der Waals surface area contributed by atoms with Gasteiger partial charge in [-0.3, -0.25) is 0 Å². The summed E-state index contributed by atoms with van der Waals surface area (Å²) in [5.74, 6) is 1.65. The number of halogens is 3. The molecule has 1 nitrogen and oxygen atoms in total. The zero-order valence-corrected chi connectivity index (χ0v) is 11.6. The fourth-order valence-electron chi connectivity index (χ4n) is 3.83. The first kappa shape index (κ1) is 13.9. The van der Waals surface area contributed by atoms with Gasteiger partial charge in [0.25, 0.3) is 0 Å². The van der Waals surface area contributed by atoms with Gasteiger partial charge in [0.1, 0.15) is 0 Å². The third kappa shape index (κ3) is 2.71. The first-order valence-corrected chi connectivity index (χ1v) is 7.36. The normalized spacial score (nSPS) is 30.7. The molecule has 2 saturated carbocycles. The zero-order valence-electron chi connectivity index (χ0n) is 11.6. The van der Waals surface area contributed by atoms with Crippen LogP contribution in [0.15, 0.2) is 24.3 Å². The van der Waals surface area contributed by atoms with Crippen LogP contribution in [0.3, 0.4) is 0 Å². The van der Waals surface area contributed by atoms with Gasteiger partial charge in [-0.15, -0.1) is 0 Å². The van der Waals surface area contributed by atoms with Gasteiger partial charge in [-0.2, -0.15) is 13.2 Å². The molecule has 2 bridgehead atoms. The van der Waals surface area contributed by atoms with Gasteiger partial charge in [-0.25, -0.2) is 0 Å². The summed E-state index contributed by atoms with van der Waals surface area (Å²) in [5.41, 5.74) is 0.356. The topological polar surface area (TPSA) is 12.0 Å². The van der Waals surface area contributed by atoms with Crippen molar-refractivity contribution < 1.29 is 13.2 Å². The monoisotopic (exact) mass is 283 g/mol. The summed E-state index contributed by atoms with van der Waals surface area (Å²) in [5, 5.41) is 3.60. The van der Waals surface area contributed by atoms with E-state index in [0.29, 0.717) is 6.04 Å². The molecule has 0 aromatic heterocycles. The van der Waals surface area contributed by atoms with Crippen LogP contribution in [0.1, 0.15) is 49.8 Å². The van der Waals surface area contributed by atoms with Gasteiger partial charge in [0.15, 0.2) is 0 Å². The molecule has 20 heavy (non-hydrogen) atoms. The van der Waals surface area contributed by atoms with E-state index in [9.17, 15) is 13.2 Å². The number of fused-ring (bicyclic) bond motifs is 2. The lowest BCUT2D eigenvalue weighted by Gasteiger charge is -2.27. The van der Waals surface area contributed by atoms with Crippen LogP contribution in [-0.4, -0.2) is 6.04 Å². The molecular weight excluding hydrogens is 263 g/mol. The number of rotatable bonds is 3. The van der Waals surface area contributed by atoms with Crippen LogP contribution in [-0.2, 0) is 6.18 Å². The summed E-state index contributed by atoms with van der Waals surface area (Å²) < 4.78 is 37.6. The molecule has 2 fully saturated rings. The van der Waals surface area contributed by atoms with E-state index in [-0.39, 0.29) is 6.04 Å². The van der Waals surface area contributed by atoms with Gasteiger partial charge in [0.2, 0.25) is 0 Å². The lowest BCUT2D eigenvalue weighted by Crippen LogP contribution is -2.35. The first-order chi connectivity index (χ1) is 9.43. The van der Waals surface area contributed by atoms with Crippen molar-refractivity contribution in [2.24, 2.45) is 11.8 Å². The van der Waals surface area contributed by atoms with Crippen molar-refractivity contribution in [3.8, 4) is 0 Å². The van der Waals surface area contributed by atoms with Gasteiger partial charge in [-0.1, -0.05) is 18.6 Å². The van der Waals surface area contributed by atoms with Gasteiger partial charge in [-0.05, 0) is 55.7 Å². The van der Waals surface area contributed by atoms with E-state index in [2.05, 4.69) is 5.32 Å². The second-order valence-corrected chi connectivity index (χ2v) is 6.29. The maximum absolute atomic E-state index is 12.5. The minimum atomic E-state index is -4.25. The number of hydrogen-bond donors (Lipinski definition) is 1. The van der Waals surface area contributed by atoms with E-state index in [4.69, 9.17) is 0 Å². The molecule has 2 aliphatic carbocycles. The molecule has 4 heteroatoms. The molecule has 0 radical (unpaired) electrons. The van der Waals surface area contributed by atoms with Crippen LogP contribution < -0.4 is 5.32 Å². The van der Waals surface area contributed by atoms with E-state index in [1.165, 1.54) is 37.8 Å². The minimum Gasteiger partial charge on any atom is -0.307 e. The molecule has 0 saturated heterocycles. The molecule has 1 aromatic carbocycles. The van der Waals surface area contributed by atoms with Crippen LogP contribution >= 0.6 is 0 Å². The molecule has 0 aliphatic heterocycles. The average Bonchev–Trinajstić information content (AvgIpc) is 3.00. The molecule has 4 unspecified atom stereocenters. The number of benzene rings is 1. The van der Waals surface area contributed by atoms with E-state index >= 15 is 0 Å². The standard InChI is InChI=1S/C16H20F3N/c1-10(20-15-9-11-2-3-13(15)8-11)12-4-6-14(7-5-12)16(17,18)19/h4-7,10-11,13,15,20H,2-3,8-9H2,1H3. The summed E-state index contributed by atoms with van der Waals surface area (Å²) in [7, 11) is 0. The molecule has 0 heterocycles. The zero-order chi connectivity index (χ0) is 14.3. The van der Waals surface area contributed by atoms with Crippen molar-refractivity contribution in [3.05, 3.63) is 35.4 Å². The van der Waals surface area contributed by atoms with E-state index in [0.717, 1.165) is 17.4 Å². The lowest BCUT2D eigenvalue weighted by atomic mass is 9.94. The summed E-state index contributed by atoms with van der Waals surface area (Å²) in [6, 6.07) is 6.19. The Balaban J connectivity index is 1.64. The predicted molar refractivity (Wildman–Crippen MR) is 72.2 cm³/mol. The average molecular weight is 283 g/mol. The first-order valence-electron chi connectivity index (χ1n) is 7.36. The Morgan fingerprint density at radius 2 is 1.80 bits per heavy atom. The Kier molecular flexibility index (Phi) is 3.53. The molecule has 0 spiro atoms. The maximum Gasteiger partial charge on any atom is 0.416 e. The quantitative estimate of drug-likeness (QED) is 0.858. The van der Waals surface area contributed by atoms with Crippen molar-refractivity contribution >= 4 is 0 Å². The summed E-state index contributed by atoms with van der Waals surface area (Å²) >= 11 is 0. The van der Waals surface area contributed by atoms with E-state index < -0.39 is 11.7 Å². The van der Waals surface area contributed by atoms with Crippen LogP contribution in [0.2, 0.25) is 0 Å². The summed E-state index contributed by atoms with van der Waals surface area (Å²) in [6.07, 6.45) is 0.979. The van der Waals surface area contributed by atoms with Crippen molar-refractivity contribution in [1.82, 2.24) is 5.32 Å². The predicted octanol–water partition coefficient (Wildman–Crippen LogP) is 4.54. The van der Waals surface area contributed by atoms with Crippen LogP contribution in [0.4, 0.5) is 13.2 Å². The summed E-state index contributed by atoms with van der Waals surface area (Å²) in [6.45, 7) is 2.04. The molecule has 0 amide bonds. The second-order valence-electron chi connectivity index (χ2n) is 6.29. The highest BCUT2D eigenvalue weighted by Gasteiger charge is 2.39. The summed E-state index contributed by atoms with van der Waals surface area (Å²) in [4.78, 5) is 0. The Morgan fingerprint density at radius 3 is 2.30 bits per heavy atom. The van der Waals surface area contributed by atoms with Crippen molar-refractivity contribution in [1.29, 1.82) is 0 Å². The van der Waals surface area contributed by atoms with Crippen LogP contribution in [0.5, 0.6) is 0 Å². The number of nitrogens with one attached hydrogen (secondary N) is 1. The third-order valence-corrected chi connectivity index (χ3v) is 4.94. The van der Waals surface area contributed by atoms with E-state index in [1.54, 1.807) is 12.1 Å². The van der Waals surface area contributed by atoms with Crippen molar-refractivity contribution in [3.63, 3.8) is 0 Å². The molecule has 110 valence electrons. The fraction of sp³-hybridized carbons (Fsp3) is 0.625. The highest BCUT2D eigenvalue weighted by atomic mass is 19.4. The third-order valence-electron chi connectivity index (χ3n) is 4.94. The lowest BCUT2D eigenvalue weighted by molar-refractivity contribution is -0.137. The molecule has 1 aromatic rings. The number of alkyl halides is 3. The molecule has 3 rings (SSSR count). The Labute approximate surface area is 117 Å². The molecule has 2 aliphatic rings. The molecule has 1 N–H and O–H groups in total. The van der Waals surface area contributed by atoms with Crippen molar-refractivity contribution in [2.75, 3.05) is 0 Å². The Bertz CT molecular complexity index is 466. The molecule has 4 atom stereocenters. The maximum atomic E-state index is 12.5. The highest BCUT2D eigenvalue weighted by Crippen LogP contribution is 2.45. The highest BCUT2D eigenvalue weighted by molar-refractivity contribution is 5.26. The fourth-order valence-corrected chi connectivity index (χ4v) is 3.83. The smallest absolute Gasteiger partial charge is 0.307 e. The van der Waals surface area contributed by atoms with E-state index in [1.807, 2.05) is 6.92 Å². The Hall–Kier alpha value is -1.03. The second kappa shape index (κ2) is 5.06. The minimum absolute atomic E-state index is 0.113. The Morgan fingerprint density at radius 1 is 1.10 bits per heavy atom. The largest absolute Gasteiger partial charge is 0.416 e. The SMILES string of the molecule is CC(NC1CC2CCC1C2)c1ccc(C(F)(F)F)cc1. The van der Waals surface area contributed by atoms with Gasteiger partial charge in [0.05, 0.1) is 5.56 Å². The van der Waals surface area contributed by atoms with Gasteiger partial charge in [0, 0.05) is 12.1 Å². The number of hydrogen-bond acceptors (Lipinski definition) is 1. The van der Waals surface area contributed by atoms with Gasteiger partial charge < -0.3 is 5.32 Å². The van der Waals surface area contributed by atoms with Crippen LogP contribution in [0.25, 0.3) is 0 Å². The van der Waals surface area contributed by atoms with Crippen molar-refractivity contribution in [2.45, 2.75) is 50.9 Å². The molecular formula is C16H20F3N. The van der Waals surface area contributed by atoms with Crippen LogP contribution in [0, 0.1) is 11.8 Å².